The van der Waals surface area contributed by atoms with Crippen LogP contribution in [-0.4, -0.2) is 39.5 Å². The van der Waals surface area contributed by atoms with E-state index in [-0.39, 0.29) is 5.75 Å². The first-order chi connectivity index (χ1) is 8.16. The molecule has 5 heteroatoms. The van der Waals surface area contributed by atoms with Gasteiger partial charge >= 0.3 is 0 Å². The highest BCUT2D eigenvalue weighted by Gasteiger charge is 2.26. The number of aromatic hydroxyl groups is 1. The molecule has 3 rings (SSSR count). The molecule has 1 aliphatic rings. The summed E-state index contributed by atoms with van der Waals surface area (Å²) in [6, 6.07) is 3.53. The Kier molecular flexibility index (Phi) is 2.60. The van der Waals surface area contributed by atoms with Crippen LogP contribution < -0.4 is 0 Å². The number of halogens is 1. The highest BCUT2D eigenvalue weighted by atomic mass is 79.9. The van der Waals surface area contributed by atoms with Crippen molar-refractivity contribution in [2.75, 3.05) is 20.1 Å². The fourth-order valence-corrected chi connectivity index (χ4v) is 3.11. The SMILES string of the molecule is CN1CCC(c2nc(Br)c3c(O)cccn23)C1. The van der Waals surface area contributed by atoms with Crippen molar-refractivity contribution >= 4 is 21.4 Å². The average molecular weight is 296 g/mol. The van der Waals surface area contributed by atoms with Gasteiger partial charge in [0.15, 0.2) is 0 Å². The van der Waals surface area contributed by atoms with E-state index >= 15 is 0 Å². The summed E-state index contributed by atoms with van der Waals surface area (Å²) in [5, 5.41) is 9.86. The first kappa shape index (κ1) is 11.0. The fraction of sp³-hybridized carbons (Fsp3) is 0.417. The summed E-state index contributed by atoms with van der Waals surface area (Å²) in [5.41, 5.74) is 0.761. The predicted octanol–water partition coefficient (Wildman–Crippen LogP) is 2.22. The average Bonchev–Trinajstić information content (AvgIpc) is 2.84. The number of rotatable bonds is 1. The fourth-order valence-electron chi connectivity index (χ4n) is 2.53. The standard InChI is InChI=1S/C12H14BrN3O/c1-15-6-4-8(7-15)12-14-11(13)10-9(17)3-2-5-16(10)12/h2-3,5,8,17H,4,6-7H2,1H3. The molecule has 3 heterocycles. The molecule has 2 aromatic heterocycles. The van der Waals surface area contributed by atoms with Crippen LogP contribution in [0.3, 0.4) is 0 Å². The Balaban J connectivity index is 2.14. The molecule has 90 valence electrons. The monoisotopic (exact) mass is 295 g/mol. The summed E-state index contributed by atoms with van der Waals surface area (Å²) in [7, 11) is 2.13. The van der Waals surface area contributed by atoms with Crippen molar-refractivity contribution in [2.45, 2.75) is 12.3 Å². The molecular weight excluding hydrogens is 282 g/mol. The number of hydrogen-bond acceptors (Lipinski definition) is 3. The van der Waals surface area contributed by atoms with Crippen molar-refractivity contribution in [1.29, 1.82) is 0 Å². The minimum absolute atomic E-state index is 0.268. The van der Waals surface area contributed by atoms with E-state index in [1.165, 1.54) is 0 Å². The van der Waals surface area contributed by atoms with Crippen LogP contribution in [0.15, 0.2) is 22.9 Å². The van der Waals surface area contributed by atoms with E-state index in [0.717, 1.165) is 35.5 Å². The van der Waals surface area contributed by atoms with Gasteiger partial charge in [-0.2, -0.15) is 0 Å². The summed E-state index contributed by atoms with van der Waals surface area (Å²) in [6.45, 7) is 2.14. The maximum absolute atomic E-state index is 9.86. The molecular formula is C12H14BrN3O. The van der Waals surface area contributed by atoms with E-state index in [1.54, 1.807) is 6.07 Å². The Morgan fingerprint density at radius 2 is 2.35 bits per heavy atom. The van der Waals surface area contributed by atoms with Crippen molar-refractivity contribution in [3.8, 4) is 5.75 Å². The molecule has 0 bridgehead atoms. The number of pyridine rings is 1. The zero-order valence-electron chi connectivity index (χ0n) is 9.60. The van der Waals surface area contributed by atoms with Crippen molar-refractivity contribution in [1.82, 2.24) is 14.3 Å². The van der Waals surface area contributed by atoms with Gasteiger partial charge in [-0.3, -0.25) is 4.40 Å². The smallest absolute Gasteiger partial charge is 0.142 e. The topological polar surface area (TPSA) is 40.8 Å². The van der Waals surface area contributed by atoms with Gasteiger partial charge in [0.1, 0.15) is 21.7 Å². The second-order valence-electron chi connectivity index (χ2n) is 4.62. The lowest BCUT2D eigenvalue weighted by Crippen LogP contribution is -2.14. The minimum atomic E-state index is 0.268. The number of likely N-dealkylation sites (tertiary alicyclic amines) is 1. The summed E-state index contributed by atoms with van der Waals surface area (Å²) in [5.74, 6) is 1.75. The van der Waals surface area contributed by atoms with Gasteiger partial charge in [-0.05, 0) is 48.1 Å². The minimum Gasteiger partial charge on any atom is -0.506 e. The number of likely N-dealkylation sites (N-methyl/N-ethyl adjacent to an activating group) is 1. The maximum atomic E-state index is 9.86. The summed E-state index contributed by atoms with van der Waals surface area (Å²) in [4.78, 5) is 6.87. The molecule has 2 aromatic rings. The zero-order valence-corrected chi connectivity index (χ0v) is 11.2. The zero-order chi connectivity index (χ0) is 12.0. The number of imidazole rings is 1. The van der Waals surface area contributed by atoms with E-state index in [1.807, 2.05) is 16.7 Å². The Bertz CT molecular complexity index is 566. The summed E-state index contributed by atoms with van der Waals surface area (Å²) < 4.78 is 2.71. The number of aromatic nitrogens is 2. The van der Waals surface area contributed by atoms with Crippen molar-refractivity contribution in [3.05, 3.63) is 28.8 Å². The van der Waals surface area contributed by atoms with Crippen LogP contribution in [0.1, 0.15) is 18.2 Å². The molecule has 0 amide bonds. The van der Waals surface area contributed by atoms with Crippen LogP contribution in [-0.2, 0) is 0 Å². The largest absolute Gasteiger partial charge is 0.506 e. The lowest BCUT2D eigenvalue weighted by molar-refractivity contribution is 0.409. The summed E-state index contributed by atoms with van der Waals surface area (Å²) >= 11 is 3.43. The molecule has 0 aliphatic carbocycles. The molecule has 1 atom stereocenters. The molecule has 1 aliphatic heterocycles. The van der Waals surface area contributed by atoms with Gasteiger partial charge in [0.05, 0.1) is 0 Å². The predicted molar refractivity (Wildman–Crippen MR) is 69.4 cm³/mol. The third kappa shape index (κ3) is 1.73. The number of fused-ring (bicyclic) bond motifs is 1. The van der Waals surface area contributed by atoms with Crippen LogP contribution >= 0.6 is 15.9 Å². The van der Waals surface area contributed by atoms with Crippen LogP contribution in [0.2, 0.25) is 0 Å². The first-order valence-corrected chi connectivity index (χ1v) is 6.50. The Morgan fingerprint density at radius 3 is 3.06 bits per heavy atom. The van der Waals surface area contributed by atoms with E-state index < -0.39 is 0 Å². The molecule has 1 N–H and O–H groups in total. The normalized spacial score (nSPS) is 21.4. The second-order valence-corrected chi connectivity index (χ2v) is 5.37. The molecule has 0 saturated carbocycles. The van der Waals surface area contributed by atoms with Crippen LogP contribution in [0, 0.1) is 0 Å². The van der Waals surface area contributed by atoms with Crippen LogP contribution in [0.25, 0.3) is 5.52 Å². The molecule has 0 aromatic carbocycles. The van der Waals surface area contributed by atoms with Crippen molar-refractivity contribution in [2.24, 2.45) is 0 Å². The summed E-state index contributed by atoms with van der Waals surface area (Å²) in [6.07, 6.45) is 3.08. The van der Waals surface area contributed by atoms with E-state index in [2.05, 4.69) is 32.9 Å². The van der Waals surface area contributed by atoms with Gasteiger partial charge in [-0.25, -0.2) is 4.98 Å². The Morgan fingerprint density at radius 1 is 1.53 bits per heavy atom. The maximum Gasteiger partial charge on any atom is 0.142 e. The molecule has 1 unspecified atom stereocenters. The van der Waals surface area contributed by atoms with E-state index in [4.69, 9.17) is 0 Å². The lowest BCUT2D eigenvalue weighted by Gasteiger charge is -2.09. The molecule has 1 saturated heterocycles. The van der Waals surface area contributed by atoms with Gasteiger partial charge in [0, 0.05) is 18.7 Å². The second kappa shape index (κ2) is 3.99. The molecule has 1 fully saturated rings. The lowest BCUT2D eigenvalue weighted by atomic mass is 10.1. The highest BCUT2D eigenvalue weighted by Crippen LogP contribution is 2.32. The van der Waals surface area contributed by atoms with Gasteiger partial charge in [0.25, 0.3) is 0 Å². The molecule has 0 radical (unpaired) electrons. The quantitative estimate of drug-likeness (QED) is 0.877. The molecule has 17 heavy (non-hydrogen) atoms. The highest BCUT2D eigenvalue weighted by molar-refractivity contribution is 9.10. The van der Waals surface area contributed by atoms with Crippen LogP contribution in [0.4, 0.5) is 0 Å². The van der Waals surface area contributed by atoms with E-state index in [9.17, 15) is 5.11 Å². The number of hydrogen-bond donors (Lipinski definition) is 1. The first-order valence-electron chi connectivity index (χ1n) is 5.71. The van der Waals surface area contributed by atoms with Gasteiger partial charge < -0.3 is 10.0 Å². The Hall–Kier alpha value is -1.07. The van der Waals surface area contributed by atoms with Gasteiger partial charge in [-0.1, -0.05) is 0 Å². The molecule has 0 spiro atoms. The van der Waals surface area contributed by atoms with Gasteiger partial charge in [-0.15, -0.1) is 0 Å². The Labute approximate surface area is 108 Å². The van der Waals surface area contributed by atoms with Gasteiger partial charge in [0.2, 0.25) is 0 Å². The third-order valence-electron chi connectivity index (χ3n) is 3.38. The third-order valence-corrected chi connectivity index (χ3v) is 3.94. The van der Waals surface area contributed by atoms with Crippen molar-refractivity contribution < 1.29 is 5.11 Å². The number of nitrogens with zero attached hydrogens (tertiary/aromatic N) is 3. The van der Waals surface area contributed by atoms with Crippen molar-refractivity contribution in [3.63, 3.8) is 0 Å². The van der Waals surface area contributed by atoms with E-state index in [0.29, 0.717) is 5.92 Å². The molecule has 4 nitrogen and oxygen atoms in total. The van der Waals surface area contributed by atoms with Crippen LogP contribution in [0.5, 0.6) is 5.75 Å².